The van der Waals surface area contributed by atoms with Crippen molar-refractivity contribution in [1.29, 1.82) is 0 Å². The van der Waals surface area contributed by atoms with Crippen LogP contribution in [0.4, 0.5) is 0 Å². The minimum atomic E-state index is -0.205. The lowest BCUT2D eigenvalue weighted by Gasteiger charge is -2.15. The minimum Gasteiger partial charge on any atom is -0.370 e. The molecule has 1 fully saturated rings. The quantitative estimate of drug-likeness (QED) is 0.543. The Morgan fingerprint density at radius 3 is 2.73 bits per heavy atom. The third-order valence-electron chi connectivity index (χ3n) is 2.73. The summed E-state index contributed by atoms with van der Waals surface area (Å²) in [6.45, 7) is 7.11. The SMILES string of the molecule is C=CC1(COC(C)c2ccccc2)CO1. The van der Waals surface area contributed by atoms with Gasteiger partial charge in [0.15, 0.2) is 0 Å². The maximum absolute atomic E-state index is 5.75. The fourth-order valence-electron chi connectivity index (χ4n) is 1.44. The average Bonchev–Trinajstić information content (AvgIpc) is 3.08. The van der Waals surface area contributed by atoms with E-state index in [1.807, 2.05) is 24.3 Å². The maximum Gasteiger partial charge on any atom is 0.133 e. The van der Waals surface area contributed by atoms with E-state index in [4.69, 9.17) is 9.47 Å². The highest BCUT2D eigenvalue weighted by molar-refractivity contribution is 5.17. The van der Waals surface area contributed by atoms with Gasteiger partial charge in [-0.3, -0.25) is 0 Å². The standard InChI is InChI=1S/C13H16O2/c1-3-13(10-15-13)9-14-11(2)12-7-5-4-6-8-12/h3-8,11H,1,9-10H2,2H3. The molecule has 2 rings (SSSR count). The van der Waals surface area contributed by atoms with Crippen LogP contribution < -0.4 is 0 Å². The number of hydrogen-bond donors (Lipinski definition) is 0. The minimum absolute atomic E-state index is 0.104. The Balaban J connectivity index is 1.88. The van der Waals surface area contributed by atoms with Crippen molar-refractivity contribution in [3.05, 3.63) is 48.6 Å². The zero-order valence-corrected chi connectivity index (χ0v) is 8.98. The molecule has 0 amide bonds. The third-order valence-corrected chi connectivity index (χ3v) is 2.73. The molecular weight excluding hydrogens is 188 g/mol. The topological polar surface area (TPSA) is 21.8 Å². The first-order valence-corrected chi connectivity index (χ1v) is 5.20. The predicted molar refractivity (Wildman–Crippen MR) is 59.7 cm³/mol. The molecule has 1 saturated heterocycles. The van der Waals surface area contributed by atoms with Crippen molar-refractivity contribution in [2.75, 3.05) is 13.2 Å². The van der Waals surface area contributed by atoms with Crippen molar-refractivity contribution in [3.63, 3.8) is 0 Å². The molecule has 0 radical (unpaired) electrons. The monoisotopic (exact) mass is 204 g/mol. The first kappa shape index (κ1) is 10.4. The fraction of sp³-hybridized carbons (Fsp3) is 0.385. The van der Waals surface area contributed by atoms with Crippen LogP contribution in [-0.4, -0.2) is 18.8 Å². The molecule has 1 aromatic carbocycles. The van der Waals surface area contributed by atoms with Gasteiger partial charge >= 0.3 is 0 Å². The van der Waals surface area contributed by atoms with Gasteiger partial charge in [-0.2, -0.15) is 0 Å². The molecule has 0 saturated carbocycles. The molecule has 1 aliphatic heterocycles. The Morgan fingerprint density at radius 1 is 1.53 bits per heavy atom. The van der Waals surface area contributed by atoms with Crippen molar-refractivity contribution in [2.45, 2.75) is 18.6 Å². The lowest BCUT2D eigenvalue weighted by Crippen LogP contribution is -2.17. The molecule has 2 unspecified atom stereocenters. The molecule has 2 heteroatoms. The molecule has 0 spiro atoms. The zero-order chi connectivity index (χ0) is 10.7. The van der Waals surface area contributed by atoms with E-state index in [1.54, 1.807) is 0 Å². The lowest BCUT2D eigenvalue weighted by atomic mass is 10.1. The van der Waals surface area contributed by atoms with E-state index >= 15 is 0 Å². The summed E-state index contributed by atoms with van der Waals surface area (Å²) in [5.74, 6) is 0. The Hall–Kier alpha value is -1.12. The molecule has 0 N–H and O–H groups in total. The van der Waals surface area contributed by atoms with Crippen LogP contribution in [0.25, 0.3) is 0 Å². The molecular formula is C13H16O2. The van der Waals surface area contributed by atoms with Crippen LogP contribution in [0.3, 0.4) is 0 Å². The zero-order valence-electron chi connectivity index (χ0n) is 8.98. The van der Waals surface area contributed by atoms with E-state index in [0.717, 1.165) is 6.61 Å². The van der Waals surface area contributed by atoms with Crippen molar-refractivity contribution in [3.8, 4) is 0 Å². The Labute approximate surface area is 90.5 Å². The van der Waals surface area contributed by atoms with Gasteiger partial charge in [0.2, 0.25) is 0 Å². The summed E-state index contributed by atoms with van der Waals surface area (Å²) < 4.78 is 11.0. The summed E-state index contributed by atoms with van der Waals surface area (Å²) in [5.41, 5.74) is 0.987. The highest BCUT2D eigenvalue weighted by Crippen LogP contribution is 2.30. The average molecular weight is 204 g/mol. The van der Waals surface area contributed by atoms with E-state index in [1.165, 1.54) is 5.56 Å². The van der Waals surface area contributed by atoms with E-state index in [9.17, 15) is 0 Å². The molecule has 15 heavy (non-hydrogen) atoms. The Kier molecular flexibility index (Phi) is 2.89. The molecule has 2 atom stereocenters. The third kappa shape index (κ3) is 2.46. The summed E-state index contributed by atoms with van der Waals surface area (Å²) in [4.78, 5) is 0. The lowest BCUT2D eigenvalue weighted by molar-refractivity contribution is 0.0382. The smallest absolute Gasteiger partial charge is 0.133 e. The van der Waals surface area contributed by atoms with Crippen LogP contribution in [0.15, 0.2) is 43.0 Å². The molecule has 1 heterocycles. The summed E-state index contributed by atoms with van der Waals surface area (Å²) in [7, 11) is 0. The van der Waals surface area contributed by atoms with Crippen LogP contribution in [-0.2, 0) is 9.47 Å². The van der Waals surface area contributed by atoms with E-state index in [2.05, 4.69) is 25.6 Å². The van der Waals surface area contributed by atoms with Crippen molar-refractivity contribution >= 4 is 0 Å². The molecule has 0 bridgehead atoms. The highest BCUT2D eigenvalue weighted by atomic mass is 16.6. The van der Waals surface area contributed by atoms with Gasteiger partial charge in [0.05, 0.1) is 19.3 Å². The summed E-state index contributed by atoms with van der Waals surface area (Å²) in [5, 5.41) is 0. The number of rotatable bonds is 5. The van der Waals surface area contributed by atoms with E-state index in [0.29, 0.717) is 6.61 Å². The molecule has 2 nitrogen and oxygen atoms in total. The number of epoxide rings is 1. The normalized spacial score (nSPS) is 25.9. The van der Waals surface area contributed by atoms with Gasteiger partial charge in [-0.15, -0.1) is 6.58 Å². The van der Waals surface area contributed by atoms with Gasteiger partial charge in [0, 0.05) is 0 Å². The second kappa shape index (κ2) is 4.17. The fourth-order valence-corrected chi connectivity index (χ4v) is 1.44. The predicted octanol–water partition coefficient (Wildman–Crippen LogP) is 2.72. The van der Waals surface area contributed by atoms with Crippen LogP contribution in [0.1, 0.15) is 18.6 Å². The first-order valence-electron chi connectivity index (χ1n) is 5.20. The van der Waals surface area contributed by atoms with E-state index in [-0.39, 0.29) is 11.7 Å². The summed E-state index contributed by atoms with van der Waals surface area (Å²) in [6, 6.07) is 10.2. The molecule has 0 aromatic heterocycles. The van der Waals surface area contributed by atoms with Crippen LogP contribution in [0.5, 0.6) is 0 Å². The van der Waals surface area contributed by atoms with Crippen molar-refractivity contribution < 1.29 is 9.47 Å². The number of benzene rings is 1. The van der Waals surface area contributed by atoms with Gasteiger partial charge in [-0.1, -0.05) is 36.4 Å². The molecule has 1 aliphatic rings. The largest absolute Gasteiger partial charge is 0.370 e. The van der Waals surface area contributed by atoms with Gasteiger partial charge in [-0.25, -0.2) is 0 Å². The Bertz CT molecular complexity index is 328. The van der Waals surface area contributed by atoms with E-state index < -0.39 is 0 Å². The first-order chi connectivity index (χ1) is 7.26. The number of hydrogen-bond acceptors (Lipinski definition) is 2. The summed E-state index contributed by atoms with van der Waals surface area (Å²) in [6.07, 6.45) is 1.93. The summed E-state index contributed by atoms with van der Waals surface area (Å²) >= 11 is 0. The molecule has 0 aliphatic carbocycles. The van der Waals surface area contributed by atoms with Gasteiger partial charge in [-0.05, 0) is 12.5 Å². The van der Waals surface area contributed by atoms with Crippen LogP contribution in [0.2, 0.25) is 0 Å². The van der Waals surface area contributed by atoms with Crippen LogP contribution in [0, 0.1) is 0 Å². The second-order valence-corrected chi connectivity index (χ2v) is 3.92. The van der Waals surface area contributed by atoms with Crippen molar-refractivity contribution in [1.82, 2.24) is 0 Å². The Morgan fingerprint density at radius 2 is 2.20 bits per heavy atom. The number of ether oxygens (including phenoxy) is 2. The second-order valence-electron chi connectivity index (χ2n) is 3.92. The van der Waals surface area contributed by atoms with Gasteiger partial charge in [0.1, 0.15) is 5.60 Å². The van der Waals surface area contributed by atoms with Gasteiger partial charge < -0.3 is 9.47 Å². The van der Waals surface area contributed by atoms with Crippen molar-refractivity contribution in [2.24, 2.45) is 0 Å². The molecule has 80 valence electrons. The highest BCUT2D eigenvalue weighted by Gasteiger charge is 2.42. The van der Waals surface area contributed by atoms with Crippen LogP contribution >= 0.6 is 0 Å². The maximum atomic E-state index is 5.75. The molecule has 1 aromatic rings. The van der Waals surface area contributed by atoms with Gasteiger partial charge in [0.25, 0.3) is 0 Å².